The van der Waals surface area contributed by atoms with E-state index in [9.17, 15) is 4.79 Å². The summed E-state index contributed by atoms with van der Waals surface area (Å²) in [5, 5.41) is 8.27. The number of aromatic nitrogens is 3. The van der Waals surface area contributed by atoms with Crippen molar-refractivity contribution < 1.29 is 9.53 Å². The van der Waals surface area contributed by atoms with Gasteiger partial charge < -0.3 is 10.1 Å². The number of nitrogens with zero attached hydrogens (tertiary/aromatic N) is 3. The van der Waals surface area contributed by atoms with Crippen molar-refractivity contribution in [2.45, 2.75) is 26.8 Å². The molecule has 0 saturated heterocycles. The number of amides is 1. The lowest BCUT2D eigenvalue weighted by Crippen LogP contribution is -2.34. The third-order valence-corrected chi connectivity index (χ3v) is 3.83. The maximum Gasteiger partial charge on any atom is 0.258 e. The molecule has 0 fully saturated rings. The second-order valence-electron chi connectivity index (χ2n) is 6.29. The van der Waals surface area contributed by atoms with Crippen molar-refractivity contribution in [1.29, 1.82) is 0 Å². The molecule has 0 saturated carbocycles. The van der Waals surface area contributed by atoms with Crippen molar-refractivity contribution in [3.8, 4) is 17.0 Å². The van der Waals surface area contributed by atoms with Crippen LogP contribution in [0.5, 0.6) is 5.88 Å². The Hall–Kier alpha value is -2.89. The smallest absolute Gasteiger partial charge is 0.258 e. The minimum atomic E-state index is -0.167. The average molecular weight is 338 g/mol. The Morgan fingerprint density at radius 3 is 2.68 bits per heavy atom. The first kappa shape index (κ1) is 17.0. The number of nitrogens with one attached hydrogen (secondary N) is 1. The molecule has 2 heterocycles. The molecule has 0 atom stereocenters. The van der Waals surface area contributed by atoms with Gasteiger partial charge in [-0.3, -0.25) is 9.48 Å². The number of ether oxygens (including phenoxy) is 1. The molecule has 2 aromatic heterocycles. The Kier molecular flexibility index (Phi) is 4.70. The summed E-state index contributed by atoms with van der Waals surface area (Å²) >= 11 is 0. The number of pyridine rings is 1. The van der Waals surface area contributed by atoms with E-state index < -0.39 is 0 Å². The monoisotopic (exact) mass is 338 g/mol. The number of hydrogen-bond acceptors (Lipinski definition) is 4. The fraction of sp³-hybridized carbons (Fsp3) is 0.316. The van der Waals surface area contributed by atoms with Crippen molar-refractivity contribution in [2.24, 2.45) is 7.05 Å². The Balaban J connectivity index is 2.01. The zero-order chi connectivity index (χ0) is 18.0. The number of carbonyl (C=O) groups excluding carboxylic acids is 1. The van der Waals surface area contributed by atoms with Crippen LogP contribution in [-0.4, -0.2) is 33.3 Å². The van der Waals surface area contributed by atoms with Gasteiger partial charge in [0.2, 0.25) is 5.88 Å². The Labute approximate surface area is 146 Å². The summed E-state index contributed by atoms with van der Waals surface area (Å²) < 4.78 is 7.37. The lowest BCUT2D eigenvalue weighted by Gasteiger charge is -2.11. The molecular weight excluding hydrogens is 316 g/mol. The van der Waals surface area contributed by atoms with E-state index in [1.54, 1.807) is 4.68 Å². The van der Waals surface area contributed by atoms with Crippen LogP contribution in [0, 0.1) is 6.92 Å². The van der Waals surface area contributed by atoms with Gasteiger partial charge in [-0.15, -0.1) is 0 Å². The summed E-state index contributed by atoms with van der Waals surface area (Å²) in [6, 6.07) is 12.0. The van der Waals surface area contributed by atoms with Crippen molar-refractivity contribution in [3.63, 3.8) is 0 Å². The van der Waals surface area contributed by atoms with Crippen molar-refractivity contribution in [1.82, 2.24) is 20.1 Å². The SMILES string of the molecule is Cc1nn(C)c2nc(OCC(=O)NC(C)C)cc(-c3ccccc3)c12. The summed E-state index contributed by atoms with van der Waals surface area (Å²) in [6.07, 6.45) is 0. The molecule has 130 valence electrons. The fourth-order valence-electron chi connectivity index (χ4n) is 2.84. The molecule has 3 rings (SSSR count). The van der Waals surface area contributed by atoms with Crippen molar-refractivity contribution in [3.05, 3.63) is 42.1 Å². The predicted octanol–water partition coefficient (Wildman–Crippen LogP) is 2.85. The topological polar surface area (TPSA) is 69.0 Å². The zero-order valence-electron chi connectivity index (χ0n) is 14.9. The van der Waals surface area contributed by atoms with Gasteiger partial charge in [0.05, 0.1) is 11.1 Å². The van der Waals surface area contributed by atoms with E-state index in [0.29, 0.717) is 5.88 Å². The molecule has 25 heavy (non-hydrogen) atoms. The van der Waals surface area contributed by atoms with Gasteiger partial charge in [-0.2, -0.15) is 10.1 Å². The second kappa shape index (κ2) is 6.93. The number of aryl methyl sites for hydroxylation is 2. The molecule has 0 bridgehead atoms. The zero-order valence-corrected chi connectivity index (χ0v) is 14.9. The van der Waals surface area contributed by atoms with Gasteiger partial charge in [0.1, 0.15) is 0 Å². The Morgan fingerprint density at radius 1 is 1.28 bits per heavy atom. The highest BCUT2D eigenvalue weighted by atomic mass is 16.5. The highest BCUT2D eigenvalue weighted by molar-refractivity contribution is 5.95. The average Bonchev–Trinajstić information content (AvgIpc) is 2.87. The lowest BCUT2D eigenvalue weighted by molar-refractivity contribution is -0.123. The van der Waals surface area contributed by atoms with Crippen LogP contribution in [0.4, 0.5) is 0 Å². The van der Waals surface area contributed by atoms with Crippen LogP contribution in [0.3, 0.4) is 0 Å². The molecule has 6 nitrogen and oxygen atoms in total. The molecule has 0 spiro atoms. The second-order valence-corrected chi connectivity index (χ2v) is 6.29. The maximum absolute atomic E-state index is 11.8. The molecule has 0 aliphatic rings. The van der Waals surface area contributed by atoms with Gasteiger partial charge in [0.25, 0.3) is 5.91 Å². The summed E-state index contributed by atoms with van der Waals surface area (Å²) in [5.74, 6) is 0.243. The van der Waals surface area contributed by atoms with Crippen LogP contribution in [0.25, 0.3) is 22.2 Å². The first-order valence-electron chi connectivity index (χ1n) is 8.27. The van der Waals surface area contributed by atoms with E-state index >= 15 is 0 Å². The quantitative estimate of drug-likeness (QED) is 0.777. The van der Waals surface area contributed by atoms with E-state index in [1.807, 2.05) is 64.2 Å². The highest BCUT2D eigenvalue weighted by Crippen LogP contribution is 2.32. The number of rotatable bonds is 5. The normalized spacial score (nSPS) is 11.1. The molecule has 0 aliphatic heterocycles. The number of hydrogen-bond donors (Lipinski definition) is 1. The standard InChI is InChI=1S/C19H22N4O2/c1-12(2)20-16(24)11-25-17-10-15(14-8-6-5-7-9-14)18-13(3)22-23(4)19(18)21-17/h5-10,12H,11H2,1-4H3,(H,20,24). The predicted molar refractivity (Wildman–Crippen MR) is 97.5 cm³/mol. The molecule has 0 unspecified atom stereocenters. The van der Waals surface area contributed by atoms with Crippen LogP contribution in [0.15, 0.2) is 36.4 Å². The van der Waals surface area contributed by atoms with Crippen molar-refractivity contribution >= 4 is 16.9 Å². The van der Waals surface area contributed by atoms with Gasteiger partial charge in [0.15, 0.2) is 12.3 Å². The van der Waals surface area contributed by atoms with Crippen LogP contribution < -0.4 is 10.1 Å². The van der Waals surface area contributed by atoms with E-state index in [1.165, 1.54) is 0 Å². The Bertz CT molecular complexity index is 901. The minimum absolute atomic E-state index is 0.0677. The molecule has 1 amide bonds. The van der Waals surface area contributed by atoms with Crippen LogP contribution >= 0.6 is 0 Å². The van der Waals surface area contributed by atoms with Gasteiger partial charge in [0, 0.05) is 19.2 Å². The Morgan fingerprint density at radius 2 is 2.00 bits per heavy atom. The van der Waals surface area contributed by atoms with Gasteiger partial charge in [-0.25, -0.2) is 0 Å². The first-order valence-corrected chi connectivity index (χ1v) is 8.27. The highest BCUT2D eigenvalue weighted by Gasteiger charge is 2.16. The molecule has 0 radical (unpaired) electrons. The molecule has 3 aromatic rings. The third kappa shape index (κ3) is 3.63. The minimum Gasteiger partial charge on any atom is -0.467 e. The van der Waals surface area contributed by atoms with E-state index in [2.05, 4.69) is 15.4 Å². The third-order valence-electron chi connectivity index (χ3n) is 3.83. The molecular formula is C19H22N4O2. The number of benzene rings is 1. The van der Waals surface area contributed by atoms with Crippen LogP contribution in [-0.2, 0) is 11.8 Å². The molecule has 6 heteroatoms. The van der Waals surface area contributed by atoms with E-state index in [-0.39, 0.29) is 18.6 Å². The first-order chi connectivity index (χ1) is 12.0. The van der Waals surface area contributed by atoms with Crippen molar-refractivity contribution in [2.75, 3.05) is 6.61 Å². The summed E-state index contributed by atoms with van der Waals surface area (Å²) in [5.41, 5.74) is 3.70. The lowest BCUT2D eigenvalue weighted by atomic mass is 10.0. The van der Waals surface area contributed by atoms with E-state index in [0.717, 1.165) is 27.9 Å². The van der Waals surface area contributed by atoms with E-state index in [4.69, 9.17) is 4.74 Å². The summed E-state index contributed by atoms with van der Waals surface area (Å²) in [7, 11) is 1.85. The van der Waals surface area contributed by atoms with Crippen LogP contribution in [0.1, 0.15) is 19.5 Å². The summed E-state index contributed by atoms with van der Waals surface area (Å²) in [6.45, 7) is 5.72. The largest absolute Gasteiger partial charge is 0.467 e. The number of carbonyl (C=O) groups is 1. The summed E-state index contributed by atoms with van der Waals surface area (Å²) in [4.78, 5) is 16.4. The molecule has 0 aliphatic carbocycles. The number of fused-ring (bicyclic) bond motifs is 1. The molecule has 1 aromatic carbocycles. The van der Waals surface area contributed by atoms with Crippen LogP contribution in [0.2, 0.25) is 0 Å². The van der Waals surface area contributed by atoms with Gasteiger partial charge in [-0.05, 0) is 31.9 Å². The van der Waals surface area contributed by atoms with Gasteiger partial charge >= 0.3 is 0 Å². The fourth-order valence-corrected chi connectivity index (χ4v) is 2.84. The maximum atomic E-state index is 11.8. The van der Waals surface area contributed by atoms with Gasteiger partial charge in [-0.1, -0.05) is 30.3 Å². The molecule has 1 N–H and O–H groups in total.